The second kappa shape index (κ2) is 9.24. The van der Waals surface area contributed by atoms with E-state index in [4.69, 9.17) is 0 Å². The van der Waals surface area contributed by atoms with Crippen LogP contribution < -0.4 is 4.72 Å². The third kappa shape index (κ3) is 4.60. The van der Waals surface area contributed by atoms with Gasteiger partial charge in [0.05, 0.1) is 16.9 Å². The molecule has 2 aromatic carbocycles. The van der Waals surface area contributed by atoms with Gasteiger partial charge in [0.15, 0.2) is 0 Å². The second-order valence-electron chi connectivity index (χ2n) is 9.77. The van der Waals surface area contributed by atoms with E-state index in [1.807, 2.05) is 42.8 Å². The van der Waals surface area contributed by atoms with Crippen molar-refractivity contribution in [3.8, 4) is 33.8 Å². The molecule has 0 fully saturated rings. The molecular formula is C30H27FN6S. The molecule has 4 aromatic heterocycles. The van der Waals surface area contributed by atoms with Crippen molar-refractivity contribution in [1.82, 2.24) is 29.9 Å². The van der Waals surface area contributed by atoms with Crippen molar-refractivity contribution in [2.45, 2.75) is 13.5 Å². The number of aromatic amines is 2. The highest BCUT2D eigenvalue weighted by molar-refractivity contribution is 8.25. The second-order valence-corrected chi connectivity index (χ2v) is 12.6. The van der Waals surface area contributed by atoms with Crippen molar-refractivity contribution in [2.75, 3.05) is 6.26 Å². The predicted octanol–water partition coefficient (Wildman–Crippen LogP) is 6.59. The summed E-state index contributed by atoms with van der Waals surface area (Å²) in [5, 5.41) is 9.67. The van der Waals surface area contributed by atoms with Crippen molar-refractivity contribution in [3.05, 3.63) is 90.1 Å². The highest BCUT2D eigenvalue weighted by Crippen LogP contribution is 2.35. The molecule has 0 aliphatic heterocycles. The number of hydrogen-bond acceptors (Lipinski definition) is 4. The lowest BCUT2D eigenvalue weighted by molar-refractivity contribution is 0.625. The van der Waals surface area contributed by atoms with E-state index in [1.165, 1.54) is 12.1 Å². The molecule has 0 spiro atoms. The van der Waals surface area contributed by atoms with E-state index >= 15 is 0 Å². The normalized spacial score (nSPS) is 12.0. The number of pyridine rings is 2. The summed E-state index contributed by atoms with van der Waals surface area (Å²) in [4.78, 5) is 12.4. The van der Waals surface area contributed by atoms with Gasteiger partial charge in [0.25, 0.3) is 0 Å². The molecule has 8 heteroatoms. The third-order valence-electron chi connectivity index (χ3n) is 6.57. The first kappa shape index (κ1) is 24.1. The number of nitrogens with zero attached hydrogens (tertiary/aromatic N) is 3. The van der Waals surface area contributed by atoms with Crippen LogP contribution in [0.2, 0.25) is 0 Å². The largest absolute Gasteiger partial charge is 0.353 e. The number of hydrogen-bond donors (Lipinski definition) is 3. The summed E-state index contributed by atoms with van der Waals surface area (Å²) < 4.78 is 17.9. The molecule has 0 amide bonds. The molecular weight excluding hydrogens is 495 g/mol. The van der Waals surface area contributed by atoms with E-state index < -0.39 is 9.39 Å². The molecule has 0 saturated heterocycles. The summed E-state index contributed by atoms with van der Waals surface area (Å²) in [7, 11) is -1.42. The van der Waals surface area contributed by atoms with Gasteiger partial charge in [-0.05, 0) is 78.4 Å². The Morgan fingerprint density at radius 1 is 0.921 bits per heavy atom. The highest BCUT2D eigenvalue weighted by Gasteiger charge is 2.16. The van der Waals surface area contributed by atoms with Crippen LogP contribution in [0.1, 0.15) is 11.1 Å². The van der Waals surface area contributed by atoms with Crippen LogP contribution in [0, 0.1) is 12.7 Å². The van der Waals surface area contributed by atoms with E-state index in [1.54, 1.807) is 12.4 Å². The molecule has 0 aliphatic rings. The van der Waals surface area contributed by atoms with E-state index in [2.05, 4.69) is 60.7 Å². The zero-order valence-electron chi connectivity index (χ0n) is 21.2. The van der Waals surface area contributed by atoms with Gasteiger partial charge in [-0.3, -0.25) is 19.8 Å². The number of H-pyrrole nitrogens is 2. The number of aryl methyl sites for hydroxylation is 1. The lowest BCUT2D eigenvalue weighted by Gasteiger charge is -2.12. The molecule has 0 aliphatic carbocycles. The molecule has 0 saturated carbocycles. The Bertz CT molecular complexity index is 1930. The highest BCUT2D eigenvalue weighted by atomic mass is 32.2. The predicted molar refractivity (Wildman–Crippen MR) is 159 cm³/mol. The minimum absolute atomic E-state index is 0.310. The Labute approximate surface area is 220 Å². The monoisotopic (exact) mass is 522 g/mol. The Morgan fingerprint density at radius 3 is 2.58 bits per heavy atom. The van der Waals surface area contributed by atoms with E-state index in [0.29, 0.717) is 17.8 Å². The van der Waals surface area contributed by atoms with Crippen molar-refractivity contribution in [1.29, 1.82) is 0 Å². The van der Waals surface area contributed by atoms with Gasteiger partial charge < -0.3 is 4.98 Å². The van der Waals surface area contributed by atoms with Crippen LogP contribution in [0.5, 0.6) is 0 Å². The molecule has 0 unspecified atom stereocenters. The van der Waals surface area contributed by atoms with Gasteiger partial charge in [0, 0.05) is 52.6 Å². The van der Waals surface area contributed by atoms with Crippen molar-refractivity contribution < 1.29 is 4.39 Å². The number of benzene rings is 2. The molecule has 6 nitrogen and oxygen atoms in total. The van der Waals surface area contributed by atoms with Gasteiger partial charge in [0.2, 0.25) is 0 Å². The van der Waals surface area contributed by atoms with Crippen LogP contribution in [0.25, 0.3) is 55.6 Å². The minimum Gasteiger partial charge on any atom is -0.353 e. The maximum absolute atomic E-state index is 14.6. The molecule has 6 rings (SSSR count). The van der Waals surface area contributed by atoms with Crippen LogP contribution in [0.4, 0.5) is 4.39 Å². The Balaban J connectivity index is 1.44. The van der Waals surface area contributed by atoms with Crippen LogP contribution in [-0.4, -0.2) is 43.1 Å². The van der Waals surface area contributed by atoms with Gasteiger partial charge in [-0.15, -0.1) is 0 Å². The van der Waals surface area contributed by atoms with Gasteiger partial charge in [-0.25, -0.2) is 4.39 Å². The summed E-state index contributed by atoms with van der Waals surface area (Å²) in [5.74, 6) is 7.78. The number of halogens is 1. The summed E-state index contributed by atoms with van der Waals surface area (Å²) >= 11 is 0. The lowest BCUT2D eigenvalue weighted by atomic mass is 10.0. The van der Waals surface area contributed by atoms with E-state index in [0.717, 1.165) is 55.4 Å². The standard InChI is InChI=1S/C30H27FN6S/c1-18-7-9-32-17-25(18)20-5-6-27-23(14-20)30(37-36-27)28-15-24-26(35-28)8-10-33-29(24)21-11-19(12-22(31)13-21)16-34-38(2,3)4/h5-15,17,34-35H,2-3,16H2,1,4H3,(H,36,37). The fourth-order valence-electron chi connectivity index (χ4n) is 4.71. The molecule has 38 heavy (non-hydrogen) atoms. The fourth-order valence-corrected chi connectivity index (χ4v) is 5.23. The smallest absolute Gasteiger partial charge is 0.124 e. The van der Waals surface area contributed by atoms with Crippen LogP contribution in [-0.2, 0) is 6.54 Å². The molecule has 3 N–H and O–H groups in total. The first-order valence-corrected chi connectivity index (χ1v) is 14.5. The number of aromatic nitrogens is 5. The zero-order valence-corrected chi connectivity index (χ0v) is 22.0. The van der Waals surface area contributed by atoms with Gasteiger partial charge in [-0.1, -0.05) is 17.8 Å². The quantitative estimate of drug-likeness (QED) is 0.216. The third-order valence-corrected chi connectivity index (χ3v) is 7.41. The number of fused-ring (bicyclic) bond motifs is 2. The molecule has 0 radical (unpaired) electrons. The maximum Gasteiger partial charge on any atom is 0.124 e. The SMILES string of the molecule is C=S(=C)(C)NCc1cc(F)cc(-c2nccc3[nH]c(-c4n[nH]c5ccc(-c6cnccc6C)cc45)cc23)c1. The van der Waals surface area contributed by atoms with Gasteiger partial charge >= 0.3 is 0 Å². The topological polar surface area (TPSA) is 82.3 Å². The average Bonchev–Trinajstić information content (AvgIpc) is 3.50. The molecule has 0 bridgehead atoms. The van der Waals surface area contributed by atoms with Crippen molar-refractivity contribution in [2.24, 2.45) is 0 Å². The Hall–Kier alpha value is -4.27. The summed E-state index contributed by atoms with van der Waals surface area (Å²) in [6, 6.07) is 17.2. The maximum atomic E-state index is 14.6. The number of nitrogens with one attached hydrogen (secondary N) is 3. The molecule has 6 aromatic rings. The van der Waals surface area contributed by atoms with E-state index in [-0.39, 0.29) is 5.82 Å². The van der Waals surface area contributed by atoms with Crippen molar-refractivity contribution in [3.63, 3.8) is 0 Å². The molecule has 0 atom stereocenters. The first-order chi connectivity index (χ1) is 18.2. The van der Waals surface area contributed by atoms with Gasteiger partial charge in [0.1, 0.15) is 11.5 Å². The Kier molecular flexibility index (Phi) is 5.86. The fraction of sp³-hybridized carbons (Fsp3) is 0.100. The minimum atomic E-state index is -1.42. The Morgan fingerprint density at radius 2 is 1.76 bits per heavy atom. The van der Waals surface area contributed by atoms with Crippen LogP contribution >= 0.6 is 9.39 Å². The summed E-state index contributed by atoms with van der Waals surface area (Å²) in [6.07, 6.45) is 7.38. The van der Waals surface area contributed by atoms with E-state index in [9.17, 15) is 4.39 Å². The molecule has 4 heterocycles. The first-order valence-electron chi connectivity index (χ1n) is 12.1. The summed E-state index contributed by atoms with van der Waals surface area (Å²) in [5.41, 5.74) is 9.06. The zero-order chi connectivity index (χ0) is 26.4. The lowest BCUT2D eigenvalue weighted by Crippen LogP contribution is -2.08. The molecule has 190 valence electrons. The van der Waals surface area contributed by atoms with Crippen molar-refractivity contribution >= 4 is 42.9 Å². The van der Waals surface area contributed by atoms with Gasteiger partial charge in [-0.2, -0.15) is 14.5 Å². The number of rotatable bonds is 6. The summed E-state index contributed by atoms with van der Waals surface area (Å²) in [6.45, 7) is 2.56. The van der Waals surface area contributed by atoms with Crippen LogP contribution in [0.3, 0.4) is 0 Å². The average molecular weight is 523 g/mol. The van der Waals surface area contributed by atoms with Crippen LogP contribution in [0.15, 0.2) is 73.2 Å².